The maximum Gasteiger partial charge on any atom is 0.326 e. The summed E-state index contributed by atoms with van der Waals surface area (Å²) >= 11 is 0. The molecule has 0 spiro atoms. The second kappa shape index (κ2) is 14.1. The number of unbranched alkanes of at least 4 members (excludes halogenated alkanes) is 1. The van der Waals surface area contributed by atoms with Crippen LogP contribution in [0.15, 0.2) is 24.5 Å². The van der Waals surface area contributed by atoms with E-state index in [1.807, 2.05) is 4.90 Å². The number of methoxy groups -OCH3 is 1. The van der Waals surface area contributed by atoms with E-state index in [1.54, 1.807) is 6.92 Å². The Kier molecular flexibility index (Phi) is 10.6. The minimum Gasteiger partial charge on any atom is -0.480 e. The van der Waals surface area contributed by atoms with Crippen molar-refractivity contribution in [3.63, 3.8) is 0 Å². The van der Waals surface area contributed by atoms with Crippen LogP contribution in [-0.4, -0.2) is 84.0 Å². The molecule has 0 bridgehead atoms. The number of carbonyl (C=O) groups excluding carboxylic acids is 1. The Labute approximate surface area is 240 Å². The SMILES string of the molecule is COC(CF)CN(CCCCc1ccc2c(n1)NCCC2)CCC(NC(=O)C1(c2c(C)cncc2F)CC1)C(=O)O. The smallest absolute Gasteiger partial charge is 0.326 e. The van der Waals surface area contributed by atoms with Gasteiger partial charge < -0.3 is 25.4 Å². The van der Waals surface area contributed by atoms with Gasteiger partial charge in [0.05, 0.1) is 17.7 Å². The van der Waals surface area contributed by atoms with Crippen molar-refractivity contribution < 1.29 is 28.2 Å². The van der Waals surface area contributed by atoms with Crippen LogP contribution in [0.5, 0.6) is 0 Å². The van der Waals surface area contributed by atoms with Gasteiger partial charge in [-0.25, -0.2) is 18.6 Å². The lowest BCUT2D eigenvalue weighted by Crippen LogP contribution is -2.48. The third-order valence-corrected chi connectivity index (χ3v) is 8.17. The van der Waals surface area contributed by atoms with Gasteiger partial charge in [0.2, 0.25) is 5.91 Å². The number of aromatic nitrogens is 2. The molecule has 2 atom stereocenters. The van der Waals surface area contributed by atoms with Crippen molar-refractivity contribution in [3.8, 4) is 0 Å². The monoisotopic (exact) mass is 573 g/mol. The van der Waals surface area contributed by atoms with E-state index in [1.165, 1.54) is 18.9 Å². The highest BCUT2D eigenvalue weighted by Gasteiger charge is 2.54. The molecule has 11 heteroatoms. The third-order valence-electron chi connectivity index (χ3n) is 8.17. The number of carboxylic acid groups (broad SMARTS) is 1. The molecule has 2 aromatic heterocycles. The molecule has 9 nitrogen and oxygen atoms in total. The van der Waals surface area contributed by atoms with E-state index in [4.69, 9.17) is 9.72 Å². The van der Waals surface area contributed by atoms with E-state index < -0.39 is 41.9 Å². The molecule has 0 aromatic carbocycles. The van der Waals surface area contributed by atoms with Gasteiger partial charge in [-0.05, 0) is 82.0 Å². The van der Waals surface area contributed by atoms with Crippen LogP contribution in [-0.2, 0) is 32.6 Å². The van der Waals surface area contributed by atoms with Gasteiger partial charge in [0, 0.05) is 44.2 Å². The summed E-state index contributed by atoms with van der Waals surface area (Å²) in [5, 5.41) is 15.9. The fourth-order valence-corrected chi connectivity index (χ4v) is 5.64. The second-order valence-electron chi connectivity index (χ2n) is 11.2. The minimum atomic E-state index is -1.16. The van der Waals surface area contributed by atoms with Crippen molar-refractivity contribution in [1.82, 2.24) is 20.2 Å². The Morgan fingerprint density at radius 3 is 2.73 bits per heavy atom. The molecular weight excluding hydrogens is 532 g/mol. The normalized spacial score (nSPS) is 16.9. The average Bonchev–Trinajstić information content (AvgIpc) is 3.77. The first-order chi connectivity index (χ1) is 19.8. The first kappa shape index (κ1) is 30.8. The molecule has 1 saturated carbocycles. The predicted octanol–water partition coefficient (Wildman–Crippen LogP) is 3.58. The van der Waals surface area contributed by atoms with E-state index in [-0.39, 0.29) is 12.0 Å². The van der Waals surface area contributed by atoms with Crippen LogP contribution < -0.4 is 10.6 Å². The number of nitrogens with one attached hydrogen (secondary N) is 2. The summed E-state index contributed by atoms with van der Waals surface area (Å²) in [6, 6.07) is 3.04. The summed E-state index contributed by atoms with van der Waals surface area (Å²) in [7, 11) is 1.45. The average molecular weight is 574 g/mol. The number of nitrogens with zero attached hydrogens (tertiary/aromatic N) is 3. The Balaban J connectivity index is 1.33. The fourth-order valence-electron chi connectivity index (χ4n) is 5.64. The zero-order valence-corrected chi connectivity index (χ0v) is 23.9. The summed E-state index contributed by atoms with van der Waals surface area (Å²) in [5.74, 6) is -1.25. The molecular formula is C30H41F2N5O4. The molecule has 1 aliphatic carbocycles. The van der Waals surface area contributed by atoms with Crippen LogP contribution >= 0.6 is 0 Å². The van der Waals surface area contributed by atoms with Crippen molar-refractivity contribution in [2.45, 2.75) is 75.9 Å². The number of aryl methyl sites for hydroxylation is 3. The fraction of sp³-hybridized carbons (Fsp3) is 0.600. The molecule has 0 radical (unpaired) electrons. The summed E-state index contributed by atoms with van der Waals surface area (Å²) in [5.41, 5.74) is 2.05. The summed E-state index contributed by atoms with van der Waals surface area (Å²) in [6.07, 6.45) is 7.60. The van der Waals surface area contributed by atoms with Crippen molar-refractivity contribution in [1.29, 1.82) is 0 Å². The number of rotatable bonds is 16. The number of ether oxygens (including phenoxy) is 1. The number of halogens is 2. The van der Waals surface area contributed by atoms with E-state index in [0.29, 0.717) is 38.0 Å². The number of aliphatic carboxylic acids is 1. The molecule has 2 aromatic rings. The second-order valence-corrected chi connectivity index (χ2v) is 11.2. The van der Waals surface area contributed by atoms with E-state index in [2.05, 4.69) is 27.8 Å². The maximum atomic E-state index is 14.6. The van der Waals surface area contributed by atoms with E-state index >= 15 is 0 Å². The van der Waals surface area contributed by atoms with Gasteiger partial charge >= 0.3 is 5.97 Å². The predicted molar refractivity (Wildman–Crippen MR) is 151 cm³/mol. The lowest BCUT2D eigenvalue weighted by molar-refractivity contribution is -0.142. The zero-order chi connectivity index (χ0) is 29.4. The van der Waals surface area contributed by atoms with Crippen LogP contribution in [0, 0.1) is 12.7 Å². The van der Waals surface area contributed by atoms with Crippen molar-refractivity contribution in [2.75, 3.05) is 45.3 Å². The standard InChI is InChI=1S/C30H41F2N5O4/c1-20-17-33-18-24(32)26(20)30(11-12-30)29(40)36-25(28(38)39)10-15-37(19-23(16-31)41-2)14-4-3-7-22-9-8-21-6-5-13-34-27(21)35-22/h8-9,17-18,23,25H,3-7,10-16,19H2,1-2H3,(H,34,35)(H,36,40)(H,38,39). The lowest BCUT2D eigenvalue weighted by Gasteiger charge is -2.28. The van der Waals surface area contributed by atoms with Crippen molar-refractivity contribution >= 4 is 17.7 Å². The first-order valence-corrected chi connectivity index (χ1v) is 14.5. The van der Waals surface area contributed by atoms with Crippen LogP contribution in [0.1, 0.15) is 60.9 Å². The molecule has 1 fully saturated rings. The number of carbonyl (C=O) groups is 2. The van der Waals surface area contributed by atoms with Crippen molar-refractivity contribution in [3.05, 3.63) is 52.7 Å². The number of alkyl halides is 1. The Bertz CT molecular complexity index is 1190. The van der Waals surface area contributed by atoms with Gasteiger partial charge in [-0.15, -0.1) is 0 Å². The first-order valence-electron chi connectivity index (χ1n) is 14.5. The van der Waals surface area contributed by atoms with Crippen LogP contribution in [0.4, 0.5) is 14.6 Å². The summed E-state index contributed by atoms with van der Waals surface area (Å²) in [6.45, 7) is 3.23. The number of carboxylic acids is 1. The van der Waals surface area contributed by atoms with Gasteiger partial charge in [0.1, 0.15) is 24.4 Å². The lowest BCUT2D eigenvalue weighted by atomic mass is 9.91. The minimum absolute atomic E-state index is 0.121. The Morgan fingerprint density at radius 2 is 2.05 bits per heavy atom. The van der Waals surface area contributed by atoms with E-state index in [9.17, 15) is 23.5 Å². The molecule has 224 valence electrons. The highest BCUT2D eigenvalue weighted by molar-refractivity contribution is 5.94. The molecule has 1 aliphatic heterocycles. The third kappa shape index (κ3) is 7.77. The molecule has 2 unspecified atom stereocenters. The topological polar surface area (TPSA) is 117 Å². The van der Waals surface area contributed by atoms with Crippen LogP contribution in [0.25, 0.3) is 0 Å². The van der Waals surface area contributed by atoms with Gasteiger partial charge in [0.15, 0.2) is 0 Å². The number of amides is 1. The van der Waals surface area contributed by atoms with Crippen LogP contribution in [0.2, 0.25) is 0 Å². The highest BCUT2D eigenvalue weighted by atomic mass is 19.1. The van der Waals surface area contributed by atoms with Crippen molar-refractivity contribution in [2.24, 2.45) is 0 Å². The van der Waals surface area contributed by atoms with Gasteiger partial charge in [-0.3, -0.25) is 9.78 Å². The molecule has 3 heterocycles. The molecule has 4 rings (SSSR count). The molecule has 0 saturated heterocycles. The number of pyridine rings is 2. The molecule has 3 N–H and O–H groups in total. The zero-order valence-electron chi connectivity index (χ0n) is 23.9. The molecule has 2 aliphatic rings. The highest BCUT2D eigenvalue weighted by Crippen LogP contribution is 2.50. The summed E-state index contributed by atoms with van der Waals surface area (Å²) < 4.78 is 33.3. The quantitative estimate of drug-likeness (QED) is 0.261. The summed E-state index contributed by atoms with van der Waals surface area (Å²) in [4.78, 5) is 35.9. The Morgan fingerprint density at radius 1 is 1.24 bits per heavy atom. The maximum absolute atomic E-state index is 14.6. The molecule has 41 heavy (non-hydrogen) atoms. The Hall–Kier alpha value is -3.18. The van der Waals surface area contributed by atoms with E-state index in [0.717, 1.165) is 56.4 Å². The number of hydrogen-bond donors (Lipinski definition) is 3. The van der Waals surface area contributed by atoms with Gasteiger partial charge in [-0.1, -0.05) is 6.07 Å². The van der Waals surface area contributed by atoms with Gasteiger partial charge in [0.25, 0.3) is 0 Å². The number of fused-ring (bicyclic) bond motifs is 1. The molecule has 1 amide bonds. The van der Waals surface area contributed by atoms with Crippen LogP contribution in [0.3, 0.4) is 0 Å². The number of anilines is 1. The largest absolute Gasteiger partial charge is 0.480 e. The number of hydrogen-bond acceptors (Lipinski definition) is 7. The van der Waals surface area contributed by atoms with Gasteiger partial charge in [-0.2, -0.15) is 0 Å².